The van der Waals surface area contributed by atoms with Crippen LogP contribution in [0.1, 0.15) is 20.7 Å². The summed E-state index contributed by atoms with van der Waals surface area (Å²) in [4.78, 5) is 31.5. The number of aromatic carboxylic acids is 2. The Hall–Kier alpha value is -2.37. The van der Waals surface area contributed by atoms with E-state index in [0.717, 1.165) is 6.07 Å². The molecule has 6 heteroatoms. The van der Waals surface area contributed by atoms with Crippen LogP contribution in [0.2, 0.25) is 0 Å². The maximum absolute atomic E-state index is 10.8. The number of nitrogens with one attached hydrogen (secondary N) is 1. The van der Waals surface area contributed by atoms with Crippen molar-refractivity contribution < 1.29 is 24.6 Å². The van der Waals surface area contributed by atoms with Gasteiger partial charge in [-0.1, -0.05) is 6.07 Å². The number of hydrogen-bond acceptors (Lipinski definition) is 3. The number of hydrogen-bond donors (Lipinski definition) is 3. The summed E-state index contributed by atoms with van der Waals surface area (Å²) in [6, 6.07) is 3.75. The highest BCUT2D eigenvalue weighted by Crippen LogP contribution is 2.19. The van der Waals surface area contributed by atoms with Crippen molar-refractivity contribution in [2.24, 2.45) is 0 Å². The lowest BCUT2D eigenvalue weighted by Crippen LogP contribution is -2.11. The summed E-state index contributed by atoms with van der Waals surface area (Å²) in [7, 11) is 0. The van der Waals surface area contributed by atoms with E-state index in [2.05, 4.69) is 0 Å². The summed E-state index contributed by atoms with van der Waals surface area (Å²) in [6.45, 7) is 0. The molecule has 1 aromatic rings. The number of anilines is 1. The molecule has 15 heavy (non-hydrogen) atoms. The van der Waals surface area contributed by atoms with Gasteiger partial charge in [0.2, 0.25) is 0 Å². The van der Waals surface area contributed by atoms with Gasteiger partial charge in [-0.2, -0.15) is 0 Å². The lowest BCUT2D eigenvalue weighted by molar-refractivity contribution is 0.0652. The Morgan fingerprint density at radius 3 is 2.33 bits per heavy atom. The largest absolute Gasteiger partial charge is 0.478 e. The first-order chi connectivity index (χ1) is 7.07. The molecule has 3 N–H and O–H groups in total. The normalized spacial score (nSPS) is 9.33. The van der Waals surface area contributed by atoms with Gasteiger partial charge in [-0.25, -0.2) is 9.59 Å². The first kappa shape index (κ1) is 10.7. The van der Waals surface area contributed by atoms with Crippen LogP contribution in [0.15, 0.2) is 18.2 Å². The van der Waals surface area contributed by atoms with E-state index in [-0.39, 0.29) is 11.3 Å². The number of carboxylic acids is 2. The van der Waals surface area contributed by atoms with Crippen molar-refractivity contribution in [2.45, 2.75) is 0 Å². The van der Waals surface area contributed by atoms with Crippen LogP contribution in [0.3, 0.4) is 0 Å². The molecule has 0 heterocycles. The Bertz CT molecular complexity index is 427. The number of benzene rings is 1. The molecule has 0 aromatic heterocycles. The third-order valence-corrected chi connectivity index (χ3v) is 1.69. The molecule has 1 rings (SSSR count). The van der Waals surface area contributed by atoms with Gasteiger partial charge in [-0.3, -0.25) is 4.79 Å². The van der Waals surface area contributed by atoms with Crippen LogP contribution in [0.4, 0.5) is 5.69 Å². The average molecular weight is 208 g/mol. The highest BCUT2D eigenvalue weighted by molar-refractivity contribution is 6.06. The van der Waals surface area contributed by atoms with Gasteiger partial charge in [-0.15, -0.1) is 0 Å². The van der Waals surface area contributed by atoms with Gasteiger partial charge >= 0.3 is 18.3 Å². The van der Waals surface area contributed by atoms with Crippen LogP contribution >= 0.6 is 0 Å². The Balaban J connectivity index is 3.40. The zero-order valence-corrected chi connectivity index (χ0v) is 7.35. The molecular weight excluding hydrogens is 202 g/mol. The van der Waals surface area contributed by atoms with Gasteiger partial charge in [0.25, 0.3) is 0 Å². The number of carbonyl (C=O) groups excluding carboxylic acids is 1. The third-order valence-electron chi connectivity index (χ3n) is 1.69. The standard InChI is InChI=1S/C9H6NO5/c11-4-10-6-3-1-2-5(8(12)13)7(6)9(14)15/h1-3H,(H,10,11)(H,12,13)(H,14,15). The van der Waals surface area contributed by atoms with Gasteiger partial charge in [0.05, 0.1) is 16.8 Å². The van der Waals surface area contributed by atoms with Gasteiger partial charge in [0.15, 0.2) is 0 Å². The highest BCUT2D eigenvalue weighted by Gasteiger charge is 2.19. The summed E-state index contributed by atoms with van der Waals surface area (Å²) in [5, 5.41) is 19.5. The van der Waals surface area contributed by atoms with Gasteiger partial charge in [-0.05, 0) is 12.1 Å². The minimum atomic E-state index is -1.43. The SMILES string of the molecule is O=[C]Nc1cccc(C(=O)O)c1C(=O)O. The predicted octanol–water partition coefficient (Wildman–Crippen LogP) is 0.562. The maximum Gasteiger partial charge on any atom is 0.338 e. The summed E-state index contributed by atoms with van der Waals surface area (Å²) in [6.07, 6.45) is 1.29. The van der Waals surface area contributed by atoms with Crippen LogP contribution in [0.25, 0.3) is 0 Å². The Morgan fingerprint density at radius 1 is 1.20 bits per heavy atom. The van der Waals surface area contributed by atoms with E-state index in [1.165, 1.54) is 18.5 Å². The second kappa shape index (κ2) is 4.23. The molecule has 0 unspecified atom stereocenters. The second-order valence-corrected chi connectivity index (χ2v) is 2.57. The van der Waals surface area contributed by atoms with Crippen molar-refractivity contribution in [3.8, 4) is 0 Å². The average Bonchev–Trinajstić information content (AvgIpc) is 2.17. The number of carboxylic acid groups (broad SMARTS) is 2. The Labute approximate surface area is 84.1 Å². The second-order valence-electron chi connectivity index (χ2n) is 2.57. The van der Waals surface area contributed by atoms with E-state index in [1.54, 1.807) is 0 Å². The quantitative estimate of drug-likeness (QED) is 0.627. The zero-order chi connectivity index (χ0) is 11.4. The fraction of sp³-hybridized carbons (Fsp3) is 0. The van der Waals surface area contributed by atoms with E-state index in [1.807, 2.05) is 5.32 Å². The molecular formula is C9H6NO5. The van der Waals surface area contributed by atoms with Crippen LogP contribution in [0.5, 0.6) is 0 Å². The molecule has 0 spiro atoms. The first-order valence-corrected chi connectivity index (χ1v) is 3.80. The van der Waals surface area contributed by atoms with Crippen molar-refractivity contribution in [1.29, 1.82) is 0 Å². The van der Waals surface area contributed by atoms with Crippen molar-refractivity contribution in [3.05, 3.63) is 29.3 Å². The van der Waals surface area contributed by atoms with E-state index < -0.39 is 17.5 Å². The summed E-state index contributed by atoms with van der Waals surface area (Å²) in [5.41, 5.74) is -0.950. The third kappa shape index (κ3) is 2.11. The van der Waals surface area contributed by atoms with Crippen molar-refractivity contribution in [1.82, 2.24) is 0 Å². The molecule has 0 bridgehead atoms. The molecule has 77 valence electrons. The fourth-order valence-electron chi connectivity index (χ4n) is 1.12. The monoisotopic (exact) mass is 208 g/mol. The molecule has 0 aliphatic rings. The van der Waals surface area contributed by atoms with Crippen LogP contribution in [0, 0.1) is 0 Å². The number of rotatable bonds is 4. The van der Waals surface area contributed by atoms with E-state index in [0.29, 0.717) is 0 Å². The molecule has 1 radical (unpaired) electrons. The molecule has 0 aliphatic heterocycles. The highest BCUT2D eigenvalue weighted by atomic mass is 16.4. The lowest BCUT2D eigenvalue weighted by Gasteiger charge is -2.06. The molecule has 0 saturated heterocycles. The zero-order valence-electron chi connectivity index (χ0n) is 7.35. The first-order valence-electron chi connectivity index (χ1n) is 3.80. The molecule has 0 fully saturated rings. The molecule has 0 atom stereocenters. The topological polar surface area (TPSA) is 104 Å². The fourth-order valence-corrected chi connectivity index (χ4v) is 1.12. The summed E-state index contributed by atoms with van der Waals surface area (Å²) >= 11 is 0. The minimum absolute atomic E-state index is 0.0996. The Kier molecular flexibility index (Phi) is 3.02. The van der Waals surface area contributed by atoms with Gasteiger partial charge in [0.1, 0.15) is 0 Å². The van der Waals surface area contributed by atoms with Gasteiger partial charge in [0, 0.05) is 0 Å². The summed E-state index contributed by atoms with van der Waals surface area (Å²) in [5.74, 6) is -2.80. The van der Waals surface area contributed by atoms with E-state index in [9.17, 15) is 14.4 Å². The smallest absolute Gasteiger partial charge is 0.338 e. The number of amides is 1. The van der Waals surface area contributed by atoms with Crippen LogP contribution in [-0.4, -0.2) is 28.6 Å². The Morgan fingerprint density at radius 2 is 1.87 bits per heavy atom. The van der Waals surface area contributed by atoms with E-state index in [4.69, 9.17) is 10.2 Å². The number of carbonyl (C=O) groups is 2. The molecule has 0 aliphatic carbocycles. The molecule has 1 amide bonds. The maximum atomic E-state index is 10.8. The van der Waals surface area contributed by atoms with Crippen molar-refractivity contribution >= 4 is 24.0 Å². The molecule has 0 saturated carbocycles. The van der Waals surface area contributed by atoms with E-state index >= 15 is 0 Å². The van der Waals surface area contributed by atoms with Gasteiger partial charge < -0.3 is 15.5 Å². The van der Waals surface area contributed by atoms with Crippen LogP contribution in [-0.2, 0) is 4.79 Å². The summed E-state index contributed by atoms with van der Waals surface area (Å²) < 4.78 is 0. The lowest BCUT2D eigenvalue weighted by atomic mass is 10.1. The minimum Gasteiger partial charge on any atom is -0.478 e. The van der Waals surface area contributed by atoms with Crippen molar-refractivity contribution in [2.75, 3.05) is 5.32 Å². The predicted molar refractivity (Wildman–Crippen MR) is 49.7 cm³/mol. The molecule has 1 aromatic carbocycles. The van der Waals surface area contributed by atoms with Crippen molar-refractivity contribution in [3.63, 3.8) is 0 Å². The van der Waals surface area contributed by atoms with Crippen LogP contribution < -0.4 is 5.32 Å². The molecule has 6 nitrogen and oxygen atoms in total.